The summed E-state index contributed by atoms with van der Waals surface area (Å²) in [5.41, 5.74) is 2.29. The van der Waals surface area contributed by atoms with Crippen molar-refractivity contribution in [2.75, 3.05) is 5.32 Å². The number of nitrogens with one attached hydrogen (secondary N) is 2. The third-order valence-electron chi connectivity index (χ3n) is 3.29. The molecule has 2 aromatic heterocycles. The Morgan fingerprint density at radius 2 is 2.36 bits per heavy atom. The van der Waals surface area contributed by atoms with Crippen LogP contribution in [0.25, 0.3) is 6.08 Å². The average Bonchev–Trinajstić information content (AvgIpc) is 2.68. The Kier molecular flexibility index (Phi) is 4.37. The van der Waals surface area contributed by atoms with E-state index in [0.29, 0.717) is 16.0 Å². The van der Waals surface area contributed by atoms with Gasteiger partial charge in [0.15, 0.2) is 0 Å². The van der Waals surface area contributed by atoms with Gasteiger partial charge in [0.05, 0.1) is 0 Å². The molecule has 7 heteroatoms. The fourth-order valence-electron chi connectivity index (χ4n) is 2.25. The zero-order chi connectivity index (χ0) is 15.7. The maximum absolute atomic E-state index is 12.6. The molecule has 0 aromatic carbocycles. The lowest BCUT2D eigenvalue weighted by Crippen LogP contribution is -2.16. The van der Waals surface area contributed by atoms with Gasteiger partial charge in [-0.05, 0) is 46.9 Å². The lowest BCUT2D eigenvalue weighted by molar-refractivity contribution is 0.101. The molecule has 0 bridgehead atoms. The maximum atomic E-state index is 12.6. The van der Waals surface area contributed by atoms with Crippen molar-refractivity contribution in [3.63, 3.8) is 0 Å². The lowest BCUT2D eigenvalue weighted by Gasteiger charge is -2.08. The molecule has 0 aliphatic carbocycles. The minimum Gasteiger partial charge on any atom is -0.345 e. The predicted molar refractivity (Wildman–Crippen MR) is 92.8 cm³/mol. The fraction of sp³-hybridized carbons (Fsp3) is 0.200. The van der Waals surface area contributed by atoms with E-state index in [2.05, 4.69) is 44.0 Å². The molecule has 0 saturated heterocycles. The molecule has 2 aromatic rings. The lowest BCUT2D eigenvalue weighted by atomic mass is 10.2. The summed E-state index contributed by atoms with van der Waals surface area (Å²) in [7, 11) is 1.88. The predicted octanol–water partition coefficient (Wildman–Crippen LogP) is 3.45. The maximum Gasteiger partial charge on any atom is 0.272 e. The SMILES string of the molecule is C[C@H]1C=Cc2c(cn(C)c2C(=O)Nc2ccnc(Br)c2)SN1. The largest absolute Gasteiger partial charge is 0.345 e. The summed E-state index contributed by atoms with van der Waals surface area (Å²) in [6.45, 7) is 2.07. The fourth-order valence-corrected chi connectivity index (χ4v) is 3.49. The summed E-state index contributed by atoms with van der Waals surface area (Å²) in [6, 6.07) is 3.79. The zero-order valence-corrected chi connectivity index (χ0v) is 14.5. The van der Waals surface area contributed by atoms with Gasteiger partial charge >= 0.3 is 0 Å². The van der Waals surface area contributed by atoms with Crippen LogP contribution in [-0.4, -0.2) is 21.5 Å². The molecular formula is C15H15BrN4OS. The Morgan fingerprint density at radius 1 is 1.55 bits per heavy atom. The third kappa shape index (κ3) is 3.11. The van der Waals surface area contributed by atoms with E-state index < -0.39 is 0 Å². The summed E-state index contributed by atoms with van der Waals surface area (Å²) in [5, 5.41) is 2.91. The topological polar surface area (TPSA) is 59.0 Å². The number of fused-ring (bicyclic) bond motifs is 1. The average molecular weight is 379 g/mol. The standard InChI is InChI=1S/C15H15BrN4OS/c1-9-3-4-11-12(22-19-9)8-20(2)14(11)15(21)18-10-5-6-17-13(16)7-10/h3-9,19H,1-2H3,(H,17,18,21)/t9-/m0/s1. The Balaban J connectivity index is 1.93. The van der Waals surface area contributed by atoms with Crippen LogP contribution in [0, 0.1) is 0 Å². The molecule has 0 fully saturated rings. The highest BCUT2D eigenvalue weighted by atomic mass is 79.9. The summed E-state index contributed by atoms with van der Waals surface area (Å²) in [5.74, 6) is -0.137. The number of halogens is 1. The first kappa shape index (κ1) is 15.3. The molecule has 0 saturated carbocycles. The Hall–Kier alpha value is -1.57. The summed E-state index contributed by atoms with van der Waals surface area (Å²) in [6.07, 6.45) is 7.67. The number of anilines is 1. The van der Waals surface area contributed by atoms with Crippen LogP contribution in [0.5, 0.6) is 0 Å². The summed E-state index contributed by atoms with van der Waals surface area (Å²) >= 11 is 4.85. The second-order valence-corrected chi connectivity index (χ2v) is 6.75. The molecule has 0 unspecified atom stereocenters. The highest BCUT2D eigenvalue weighted by Gasteiger charge is 2.21. The number of carbonyl (C=O) groups is 1. The number of aromatic nitrogens is 2. The number of nitrogens with zero attached hydrogens (tertiary/aromatic N) is 2. The van der Waals surface area contributed by atoms with E-state index in [9.17, 15) is 4.79 Å². The molecule has 22 heavy (non-hydrogen) atoms. The van der Waals surface area contributed by atoms with E-state index in [1.807, 2.05) is 23.9 Å². The second-order valence-electron chi connectivity index (χ2n) is 5.06. The van der Waals surface area contributed by atoms with Crippen molar-refractivity contribution in [1.29, 1.82) is 0 Å². The van der Waals surface area contributed by atoms with Gasteiger partial charge in [0, 0.05) is 41.6 Å². The summed E-state index contributed by atoms with van der Waals surface area (Å²) < 4.78 is 5.84. The molecular weight excluding hydrogens is 364 g/mol. The number of pyridine rings is 1. The van der Waals surface area contributed by atoms with Crippen molar-refractivity contribution in [3.8, 4) is 0 Å². The van der Waals surface area contributed by atoms with Gasteiger partial charge in [0.1, 0.15) is 10.3 Å². The molecule has 1 aliphatic rings. The van der Waals surface area contributed by atoms with Crippen molar-refractivity contribution in [2.24, 2.45) is 7.05 Å². The van der Waals surface area contributed by atoms with Gasteiger partial charge in [-0.3, -0.25) is 9.52 Å². The highest BCUT2D eigenvalue weighted by molar-refractivity contribution is 9.10. The van der Waals surface area contributed by atoms with Gasteiger partial charge < -0.3 is 9.88 Å². The van der Waals surface area contributed by atoms with E-state index >= 15 is 0 Å². The van der Waals surface area contributed by atoms with E-state index in [1.54, 1.807) is 30.3 Å². The third-order valence-corrected chi connectivity index (χ3v) is 4.76. The van der Waals surface area contributed by atoms with E-state index in [-0.39, 0.29) is 11.9 Å². The van der Waals surface area contributed by atoms with Crippen LogP contribution in [0.2, 0.25) is 0 Å². The van der Waals surface area contributed by atoms with E-state index in [0.717, 1.165) is 10.5 Å². The van der Waals surface area contributed by atoms with Gasteiger partial charge in [-0.1, -0.05) is 12.2 Å². The Labute approximate surface area is 141 Å². The van der Waals surface area contributed by atoms with Crippen molar-refractivity contribution >= 4 is 45.5 Å². The first-order valence-electron chi connectivity index (χ1n) is 6.77. The van der Waals surface area contributed by atoms with Crippen LogP contribution in [-0.2, 0) is 7.05 Å². The molecule has 0 spiro atoms. The van der Waals surface area contributed by atoms with Crippen LogP contribution in [0.1, 0.15) is 23.0 Å². The van der Waals surface area contributed by atoms with Gasteiger partial charge in [-0.25, -0.2) is 4.98 Å². The number of carbonyl (C=O) groups excluding carboxylic acids is 1. The molecule has 5 nitrogen and oxygen atoms in total. The second kappa shape index (κ2) is 6.28. The van der Waals surface area contributed by atoms with Gasteiger partial charge in [0.25, 0.3) is 5.91 Å². The van der Waals surface area contributed by atoms with Crippen LogP contribution in [0.15, 0.2) is 40.1 Å². The molecule has 1 aliphatic heterocycles. The van der Waals surface area contributed by atoms with Crippen molar-refractivity contribution in [3.05, 3.63) is 46.5 Å². The van der Waals surface area contributed by atoms with Crippen molar-refractivity contribution < 1.29 is 4.79 Å². The van der Waals surface area contributed by atoms with Crippen LogP contribution in [0.4, 0.5) is 5.69 Å². The zero-order valence-electron chi connectivity index (χ0n) is 12.1. The molecule has 0 radical (unpaired) electrons. The minimum atomic E-state index is -0.137. The number of hydrogen-bond donors (Lipinski definition) is 2. The van der Waals surface area contributed by atoms with Crippen LogP contribution in [0.3, 0.4) is 0 Å². The minimum absolute atomic E-state index is 0.137. The van der Waals surface area contributed by atoms with Crippen molar-refractivity contribution in [1.82, 2.24) is 14.3 Å². The molecule has 3 heterocycles. The van der Waals surface area contributed by atoms with Gasteiger partial charge in [-0.15, -0.1) is 0 Å². The first-order valence-corrected chi connectivity index (χ1v) is 8.38. The molecule has 2 N–H and O–H groups in total. The van der Waals surface area contributed by atoms with E-state index in [1.165, 1.54) is 0 Å². The Morgan fingerprint density at radius 3 is 3.14 bits per heavy atom. The van der Waals surface area contributed by atoms with Crippen molar-refractivity contribution in [2.45, 2.75) is 17.9 Å². The monoisotopic (exact) mass is 378 g/mol. The molecule has 1 amide bonds. The number of aryl methyl sites for hydroxylation is 1. The highest BCUT2D eigenvalue weighted by Crippen LogP contribution is 2.30. The quantitative estimate of drug-likeness (QED) is 0.620. The van der Waals surface area contributed by atoms with Crippen LogP contribution >= 0.6 is 27.9 Å². The summed E-state index contributed by atoms with van der Waals surface area (Å²) in [4.78, 5) is 17.7. The van der Waals surface area contributed by atoms with Gasteiger partial charge in [0.2, 0.25) is 0 Å². The normalized spacial score (nSPS) is 17.0. The van der Waals surface area contributed by atoms with Gasteiger partial charge in [-0.2, -0.15) is 0 Å². The first-order chi connectivity index (χ1) is 10.5. The van der Waals surface area contributed by atoms with E-state index in [4.69, 9.17) is 0 Å². The molecule has 3 rings (SSSR count). The Bertz CT molecular complexity index is 756. The number of hydrogen-bond acceptors (Lipinski definition) is 4. The number of amides is 1. The smallest absolute Gasteiger partial charge is 0.272 e. The number of rotatable bonds is 2. The molecule has 1 atom stereocenters. The van der Waals surface area contributed by atoms with Crippen LogP contribution < -0.4 is 10.0 Å². The molecule has 114 valence electrons.